The van der Waals surface area contributed by atoms with Crippen molar-refractivity contribution in [1.82, 2.24) is 0 Å². The highest BCUT2D eigenvalue weighted by Gasteiger charge is 2.21. The first kappa shape index (κ1) is 22.6. The van der Waals surface area contributed by atoms with Gasteiger partial charge in [0.05, 0.1) is 5.36 Å². The molecular weight excluding hydrogens is 440 g/mol. The Morgan fingerprint density at radius 1 is 0.806 bits per heavy atom. The third-order valence-corrected chi connectivity index (χ3v) is 7.73. The third kappa shape index (κ3) is 3.89. The first-order valence-electron chi connectivity index (χ1n) is 13.1. The van der Waals surface area contributed by atoms with Gasteiger partial charge in [-0.1, -0.05) is 86.2 Å². The van der Waals surface area contributed by atoms with Crippen molar-refractivity contribution in [2.45, 2.75) is 52.4 Å². The molecular formula is C33H30N2O. The summed E-state index contributed by atoms with van der Waals surface area (Å²) in [4.78, 5) is 18.7. The van der Waals surface area contributed by atoms with E-state index >= 15 is 0 Å². The van der Waals surface area contributed by atoms with E-state index in [-0.39, 0.29) is 0 Å². The van der Waals surface area contributed by atoms with Crippen LogP contribution in [0.2, 0.25) is 0 Å². The summed E-state index contributed by atoms with van der Waals surface area (Å²) < 4.78 is 0. The normalized spacial score (nSPS) is 15.6. The summed E-state index contributed by atoms with van der Waals surface area (Å²) in [6, 6.07) is 20.8. The highest BCUT2D eigenvalue weighted by Crippen LogP contribution is 2.40. The molecule has 36 heavy (non-hydrogen) atoms. The predicted molar refractivity (Wildman–Crippen MR) is 148 cm³/mol. The average molecular weight is 471 g/mol. The number of nitrogens with zero attached hydrogens (tertiary/aromatic N) is 2. The summed E-state index contributed by atoms with van der Waals surface area (Å²) in [7, 11) is 0. The lowest BCUT2D eigenvalue weighted by Gasteiger charge is -2.26. The number of hydrogen-bond acceptors (Lipinski definition) is 1. The van der Waals surface area contributed by atoms with E-state index in [1.807, 2.05) is 36.4 Å². The van der Waals surface area contributed by atoms with E-state index in [1.54, 1.807) is 11.1 Å². The van der Waals surface area contributed by atoms with Crippen molar-refractivity contribution >= 4 is 33.1 Å². The number of fused-ring (bicyclic) bond motifs is 7. The van der Waals surface area contributed by atoms with Crippen molar-refractivity contribution in [3.05, 3.63) is 111 Å². The van der Waals surface area contributed by atoms with Crippen LogP contribution in [-0.4, -0.2) is 6.03 Å². The Morgan fingerprint density at radius 3 is 2.56 bits per heavy atom. The Kier molecular flexibility index (Phi) is 5.85. The van der Waals surface area contributed by atoms with E-state index in [2.05, 4.69) is 60.2 Å². The number of allylic oxidation sites excluding steroid dienone is 4. The Balaban J connectivity index is 0.000000147. The van der Waals surface area contributed by atoms with E-state index < -0.39 is 6.03 Å². The van der Waals surface area contributed by atoms with Crippen LogP contribution in [0.3, 0.4) is 0 Å². The van der Waals surface area contributed by atoms with E-state index in [1.165, 1.54) is 58.7 Å². The molecule has 1 aliphatic heterocycles. The molecule has 0 N–H and O–H groups in total. The summed E-state index contributed by atoms with van der Waals surface area (Å²) in [5, 5.41) is 6.43. The van der Waals surface area contributed by atoms with Crippen LogP contribution in [-0.2, 0) is 19.3 Å². The minimum Gasteiger partial charge on any atom is -0.244 e. The topological polar surface area (TPSA) is 41.8 Å². The van der Waals surface area contributed by atoms with Gasteiger partial charge in [-0.05, 0) is 88.6 Å². The molecule has 0 saturated carbocycles. The maximum atomic E-state index is 11.0. The molecule has 0 spiro atoms. The number of carbonyl (C=O) groups excluding carboxylic acids is 1. The van der Waals surface area contributed by atoms with Gasteiger partial charge in [0.1, 0.15) is 5.36 Å². The lowest BCUT2D eigenvalue weighted by atomic mass is 9.79. The van der Waals surface area contributed by atoms with Gasteiger partial charge in [0.2, 0.25) is 0 Å². The zero-order valence-corrected chi connectivity index (χ0v) is 21.0. The fourth-order valence-corrected chi connectivity index (χ4v) is 5.86. The second kappa shape index (κ2) is 9.31. The number of hydrogen-bond donors (Lipinski definition) is 0. The smallest absolute Gasteiger partial charge is 0.244 e. The standard InChI is InChI=1S/C22H24.C11H6N2O/c1-3-15-13-16(4-2)19-11-12-20-18-8-6-5-7-17(18)9-10-21(20)22(19)14-15;14-11-12-9-6-5-7-3-1-2-4-8(7)10(9)13-11/h6,8,11-14H,3-5,7,9-10H2,1-2H3;1-6H. The van der Waals surface area contributed by atoms with E-state index in [4.69, 9.17) is 0 Å². The Labute approximate surface area is 211 Å². The minimum absolute atomic E-state index is 0.406. The maximum absolute atomic E-state index is 11.0. The fourth-order valence-electron chi connectivity index (χ4n) is 5.86. The van der Waals surface area contributed by atoms with Gasteiger partial charge < -0.3 is 0 Å². The zero-order chi connectivity index (χ0) is 24.6. The van der Waals surface area contributed by atoms with Gasteiger partial charge in [-0.3, -0.25) is 0 Å². The lowest BCUT2D eigenvalue weighted by molar-refractivity contribution is 0.257. The van der Waals surface area contributed by atoms with Crippen molar-refractivity contribution in [3.8, 4) is 0 Å². The molecule has 2 amide bonds. The lowest BCUT2D eigenvalue weighted by Crippen LogP contribution is -2.21. The quantitative estimate of drug-likeness (QED) is 0.305. The second-order valence-electron chi connectivity index (χ2n) is 9.77. The van der Waals surface area contributed by atoms with Crippen LogP contribution in [0.15, 0.2) is 88.4 Å². The van der Waals surface area contributed by atoms with Gasteiger partial charge in [0.15, 0.2) is 0 Å². The molecule has 4 aromatic rings. The van der Waals surface area contributed by atoms with Crippen LogP contribution in [0.25, 0.3) is 27.1 Å². The number of amides is 2. The zero-order valence-electron chi connectivity index (χ0n) is 21.0. The molecule has 0 atom stereocenters. The minimum atomic E-state index is -0.406. The number of rotatable bonds is 2. The molecule has 0 saturated heterocycles. The van der Waals surface area contributed by atoms with Crippen molar-refractivity contribution in [1.29, 1.82) is 0 Å². The van der Waals surface area contributed by atoms with Crippen LogP contribution >= 0.6 is 0 Å². The van der Waals surface area contributed by atoms with Crippen LogP contribution in [0.4, 0.5) is 4.79 Å². The van der Waals surface area contributed by atoms with Crippen molar-refractivity contribution < 1.29 is 4.79 Å². The van der Waals surface area contributed by atoms with Crippen LogP contribution < -0.4 is 10.7 Å². The maximum Gasteiger partial charge on any atom is 0.368 e. The number of aryl methyl sites for hydroxylation is 3. The molecule has 1 heterocycles. The molecule has 178 valence electrons. The molecule has 7 rings (SSSR count). The highest BCUT2D eigenvalue weighted by molar-refractivity contribution is 5.96. The molecule has 3 heteroatoms. The highest BCUT2D eigenvalue weighted by atomic mass is 16.2. The van der Waals surface area contributed by atoms with Crippen molar-refractivity contribution in [2.75, 3.05) is 0 Å². The van der Waals surface area contributed by atoms with Gasteiger partial charge in [-0.25, -0.2) is 4.79 Å². The Hall–Kier alpha value is -3.85. The number of benzene rings is 4. The first-order valence-corrected chi connectivity index (χ1v) is 13.1. The monoisotopic (exact) mass is 470 g/mol. The molecule has 0 fully saturated rings. The van der Waals surface area contributed by atoms with Crippen LogP contribution in [0.5, 0.6) is 0 Å². The van der Waals surface area contributed by atoms with Gasteiger partial charge in [0, 0.05) is 5.39 Å². The molecule has 3 aliphatic rings. The molecule has 0 aromatic heterocycles. The van der Waals surface area contributed by atoms with Gasteiger partial charge in [-0.15, -0.1) is 0 Å². The summed E-state index contributed by atoms with van der Waals surface area (Å²) in [6.07, 6.45) is 11.9. The third-order valence-electron chi connectivity index (χ3n) is 7.73. The molecule has 0 bridgehead atoms. The van der Waals surface area contributed by atoms with Gasteiger partial charge in [-0.2, -0.15) is 9.98 Å². The predicted octanol–water partition coefficient (Wildman–Crippen LogP) is 7.23. The molecule has 3 nitrogen and oxygen atoms in total. The molecule has 2 aliphatic carbocycles. The van der Waals surface area contributed by atoms with Crippen molar-refractivity contribution in [3.63, 3.8) is 0 Å². The number of urea groups is 1. The Morgan fingerprint density at radius 2 is 1.69 bits per heavy atom. The molecule has 0 radical (unpaired) electrons. The van der Waals surface area contributed by atoms with Crippen molar-refractivity contribution in [2.24, 2.45) is 9.98 Å². The summed E-state index contributed by atoms with van der Waals surface area (Å²) in [6.45, 7) is 4.54. The van der Waals surface area contributed by atoms with Gasteiger partial charge >= 0.3 is 6.03 Å². The average Bonchev–Trinajstić information content (AvgIpc) is 3.33. The SMILES string of the molecule is CCc1cc(CC)c2ccc3c(c2c1)CCC1=C3C=CCC1.O=C1N=c2ccc3ccccc3c2=N1. The first-order chi connectivity index (χ1) is 17.7. The van der Waals surface area contributed by atoms with E-state index in [0.29, 0.717) is 10.7 Å². The second-order valence-corrected chi connectivity index (χ2v) is 9.77. The molecule has 0 unspecified atom stereocenters. The van der Waals surface area contributed by atoms with E-state index in [0.717, 1.165) is 23.6 Å². The summed E-state index contributed by atoms with van der Waals surface area (Å²) in [5.41, 5.74) is 9.28. The Bertz CT molecular complexity index is 1720. The van der Waals surface area contributed by atoms with Gasteiger partial charge in [0.25, 0.3) is 0 Å². The summed E-state index contributed by atoms with van der Waals surface area (Å²) in [5.74, 6) is 0. The largest absolute Gasteiger partial charge is 0.368 e. The molecule has 4 aromatic carbocycles. The van der Waals surface area contributed by atoms with E-state index in [9.17, 15) is 4.79 Å². The number of carbonyl (C=O) groups is 1. The fraction of sp³-hybridized carbons (Fsp3) is 0.242. The van der Waals surface area contributed by atoms with Crippen LogP contribution in [0, 0.1) is 0 Å². The van der Waals surface area contributed by atoms with Crippen LogP contribution in [0.1, 0.15) is 55.4 Å². The summed E-state index contributed by atoms with van der Waals surface area (Å²) >= 11 is 0.